The second-order valence-electron chi connectivity index (χ2n) is 6.50. The van der Waals surface area contributed by atoms with Crippen molar-refractivity contribution in [2.45, 2.75) is 11.7 Å². The lowest BCUT2D eigenvalue weighted by Gasteiger charge is -2.38. The molecule has 0 aliphatic rings. The fourth-order valence-corrected chi connectivity index (χ4v) is 3.37. The number of hydrogen-bond acceptors (Lipinski definition) is 2. The maximum Gasteiger partial charge on any atom is 0.144 e. The topological polar surface area (TPSA) is 18.5 Å². The van der Waals surface area contributed by atoms with Gasteiger partial charge in [0.05, 0.1) is 13.2 Å². The third kappa shape index (κ3) is 4.30. The van der Waals surface area contributed by atoms with Crippen molar-refractivity contribution in [1.29, 1.82) is 0 Å². The fraction of sp³-hybridized carbons (Fsp3) is 0.154. The SMILES string of the molecule is C=CCOCC(C=C)OC(c1ccccc1)(c1ccccc1)c1ccccc1. The summed E-state index contributed by atoms with van der Waals surface area (Å²) in [5.41, 5.74) is 2.40. The van der Waals surface area contributed by atoms with Gasteiger partial charge >= 0.3 is 0 Å². The van der Waals surface area contributed by atoms with E-state index >= 15 is 0 Å². The van der Waals surface area contributed by atoms with Gasteiger partial charge in [-0.05, 0) is 16.7 Å². The van der Waals surface area contributed by atoms with Crippen molar-refractivity contribution in [1.82, 2.24) is 0 Å². The van der Waals surface area contributed by atoms with E-state index < -0.39 is 5.60 Å². The van der Waals surface area contributed by atoms with E-state index in [-0.39, 0.29) is 6.10 Å². The molecule has 1 atom stereocenters. The Hall–Kier alpha value is -2.94. The Bertz CT molecular complexity index is 760. The first-order chi connectivity index (χ1) is 13.8. The van der Waals surface area contributed by atoms with Crippen molar-refractivity contribution in [3.8, 4) is 0 Å². The van der Waals surface area contributed by atoms with E-state index in [9.17, 15) is 0 Å². The molecule has 0 aliphatic heterocycles. The van der Waals surface area contributed by atoms with E-state index in [1.54, 1.807) is 12.2 Å². The van der Waals surface area contributed by atoms with Crippen molar-refractivity contribution in [3.63, 3.8) is 0 Å². The molecule has 28 heavy (non-hydrogen) atoms. The summed E-state index contributed by atoms with van der Waals surface area (Å²) in [6, 6.07) is 30.9. The lowest BCUT2D eigenvalue weighted by atomic mass is 9.80. The molecule has 0 aromatic heterocycles. The first-order valence-electron chi connectivity index (χ1n) is 9.47. The summed E-state index contributed by atoms with van der Waals surface area (Å²) < 4.78 is 12.5. The molecule has 2 heteroatoms. The number of ether oxygens (including phenoxy) is 2. The third-order valence-electron chi connectivity index (χ3n) is 4.65. The molecule has 0 radical (unpaired) electrons. The highest BCUT2D eigenvalue weighted by atomic mass is 16.5. The molecule has 0 N–H and O–H groups in total. The van der Waals surface area contributed by atoms with Gasteiger partial charge in [0.25, 0.3) is 0 Å². The van der Waals surface area contributed by atoms with Crippen molar-refractivity contribution in [2.24, 2.45) is 0 Å². The highest BCUT2D eigenvalue weighted by Gasteiger charge is 2.39. The van der Waals surface area contributed by atoms with E-state index in [1.807, 2.05) is 54.6 Å². The van der Waals surface area contributed by atoms with E-state index in [1.165, 1.54) is 0 Å². The summed E-state index contributed by atoms with van der Waals surface area (Å²) in [4.78, 5) is 0. The highest BCUT2D eigenvalue weighted by molar-refractivity contribution is 5.47. The van der Waals surface area contributed by atoms with Gasteiger partial charge in [0.1, 0.15) is 11.7 Å². The average Bonchev–Trinajstić information content (AvgIpc) is 2.78. The van der Waals surface area contributed by atoms with Crippen LogP contribution in [-0.2, 0) is 15.1 Å². The van der Waals surface area contributed by atoms with E-state index in [4.69, 9.17) is 9.47 Å². The summed E-state index contributed by atoms with van der Waals surface area (Å²) in [5.74, 6) is 0. The molecule has 3 aromatic rings. The van der Waals surface area contributed by atoms with Gasteiger partial charge in [-0.1, -0.05) is 103 Å². The van der Waals surface area contributed by atoms with Crippen molar-refractivity contribution < 1.29 is 9.47 Å². The van der Waals surface area contributed by atoms with Crippen molar-refractivity contribution >= 4 is 0 Å². The van der Waals surface area contributed by atoms with Crippen molar-refractivity contribution in [2.75, 3.05) is 13.2 Å². The number of rotatable bonds is 10. The van der Waals surface area contributed by atoms with Crippen LogP contribution < -0.4 is 0 Å². The Kier molecular flexibility index (Phi) is 6.96. The minimum atomic E-state index is -0.778. The molecule has 1 unspecified atom stereocenters. The molecule has 0 bridgehead atoms. The zero-order valence-electron chi connectivity index (χ0n) is 16.0. The van der Waals surface area contributed by atoms with Gasteiger partial charge in [0, 0.05) is 0 Å². The zero-order chi connectivity index (χ0) is 19.7. The highest BCUT2D eigenvalue weighted by Crippen LogP contribution is 2.41. The average molecular weight is 370 g/mol. The Morgan fingerprint density at radius 3 is 1.50 bits per heavy atom. The Labute approximate surface area is 167 Å². The van der Waals surface area contributed by atoms with Crippen LogP contribution in [0.2, 0.25) is 0 Å². The van der Waals surface area contributed by atoms with Crippen LogP contribution >= 0.6 is 0 Å². The summed E-state index contributed by atoms with van der Waals surface area (Å²) in [6.07, 6.45) is 3.24. The second kappa shape index (κ2) is 9.84. The van der Waals surface area contributed by atoms with Gasteiger partial charge in [-0.3, -0.25) is 0 Å². The number of benzene rings is 3. The lowest BCUT2D eigenvalue weighted by Crippen LogP contribution is -2.38. The predicted octanol–water partition coefficient (Wildman–Crippen LogP) is 5.75. The Morgan fingerprint density at radius 2 is 1.14 bits per heavy atom. The zero-order valence-corrected chi connectivity index (χ0v) is 16.0. The summed E-state index contributed by atoms with van der Waals surface area (Å²) in [5, 5.41) is 0. The predicted molar refractivity (Wildman–Crippen MR) is 115 cm³/mol. The van der Waals surface area contributed by atoms with E-state index in [2.05, 4.69) is 49.6 Å². The van der Waals surface area contributed by atoms with Gasteiger partial charge in [0.15, 0.2) is 0 Å². The first-order valence-corrected chi connectivity index (χ1v) is 9.47. The van der Waals surface area contributed by atoms with Crippen molar-refractivity contribution in [3.05, 3.63) is 133 Å². The van der Waals surface area contributed by atoms with Gasteiger partial charge in [-0.15, -0.1) is 13.2 Å². The molecule has 0 heterocycles. The van der Waals surface area contributed by atoms with Gasteiger partial charge in [0.2, 0.25) is 0 Å². The monoisotopic (exact) mass is 370 g/mol. The summed E-state index contributed by atoms with van der Waals surface area (Å²) in [6.45, 7) is 8.56. The Morgan fingerprint density at radius 1 is 0.714 bits per heavy atom. The van der Waals surface area contributed by atoms with Crippen LogP contribution in [-0.4, -0.2) is 19.3 Å². The molecule has 0 aliphatic carbocycles. The molecule has 0 saturated heterocycles. The van der Waals surface area contributed by atoms with E-state index in [0.717, 1.165) is 16.7 Å². The first kappa shape index (κ1) is 19.8. The molecule has 0 fully saturated rings. The maximum absolute atomic E-state index is 6.81. The van der Waals surface area contributed by atoms with Gasteiger partial charge in [-0.2, -0.15) is 0 Å². The van der Waals surface area contributed by atoms with Crippen LogP contribution in [0.5, 0.6) is 0 Å². The quantitative estimate of drug-likeness (QED) is 0.257. The normalized spacial score (nSPS) is 12.3. The molecule has 142 valence electrons. The molecule has 3 aromatic carbocycles. The van der Waals surface area contributed by atoms with Crippen LogP contribution in [0.4, 0.5) is 0 Å². The number of hydrogen-bond donors (Lipinski definition) is 0. The summed E-state index contributed by atoms with van der Waals surface area (Å²) >= 11 is 0. The van der Waals surface area contributed by atoms with Crippen LogP contribution in [0.25, 0.3) is 0 Å². The van der Waals surface area contributed by atoms with Gasteiger partial charge in [-0.25, -0.2) is 0 Å². The molecular formula is C26H26O2. The van der Waals surface area contributed by atoms with Gasteiger partial charge < -0.3 is 9.47 Å². The lowest BCUT2D eigenvalue weighted by molar-refractivity contribution is -0.0579. The van der Waals surface area contributed by atoms with Crippen LogP contribution in [0.15, 0.2) is 116 Å². The molecule has 0 saturated carbocycles. The molecule has 0 spiro atoms. The minimum absolute atomic E-state index is 0.291. The minimum Gasteiger partial charge on any atom is -0.374 e. The molecule has 3 rings (SSSR count). The molecule has 2 nitrogen and oxygen atoms in total. The van der Waals surface area contributed by atoms with Crippen LogP contribution in [0.1, 0.15) is 16.7 Å². The van der Waals surface area contributed by atoms with Crippen LogP contribution in [0.3, 0.4) is 0 Å². The standard InChI is InChI=1S/C26H26O2/c1-3-20-27-21-25(4-2)28-26(22-14-8-5-9-15-22,23-16-10-6-11-17-23)24-18-12-7-13-19-24/h3-19,25H,1-2,20-21H2. The molecule has 0 amide bonds. The third-order valence-corrected chi connectivity index (χ3v) is 4.65. The largest absolute Gasteiger partial charge is 0.374 e. The summed E-state index contributed by atoms with van der Waals surface area (Å²) in [7, 11) is 0. The maximum atomic E-state index is 6.81. The fourth-order valence-electron chi connectivity index (χ4n) is 3.37. The van der Waals surface area contributed by atoms with Crippen LogP contribution in [0, 0.1) is 0 Å². The Balaban J connectivity index is 2.16. The second-order valence-corrected chi connectivity index (χ2v) is 6.50. The molecular weight excluding hydrogens is 344 g/mol. The smallest absolute Gasteiger partial charge is 0.144 e. The van der Waals surface area contributed by atoms with E-state index in [0.29, 0.717) is 13.2 Å².